The van der Waals surface area contributed by atoms with Gasteiger partial charge in [-0.2, -0.15) is 0 Å². The topological polar surface area (TPSA) is 56.7 Å². The quantitative estimate of drug-likeness (QED) is 0.781. The number of ether oxygens (including phenoxy) is 3. The lowest BCUT2D eigenvalue weighted by Crippen LogP contribution is -2.53. The molecule has 0 amide bonds. The summed E-state index contributed by atoms with van der Waals surface area (Å²) in [5, 5.41) is 7.87. The first-order valence-electron chi connectivity index (χ1n) is 6.57. The lowest BCUT2D eigenvalue weighted by molar-refractivity contribution is -0.302. The molecule has 3 heterocycles. The number of hydrogen-bond acceptors (Lipinski definition) is 6. The van der Waals surface area contributed by atoms with Crippen LogP contribution in [-0.2, 0) is 14.2 Å². The summed E-state index contributed by atoms with van der Waals surface area (Å²) >= 11 is 0. The van der Waals surface area contributed by atoms with E-state index in [-0.39, 0.29) is 6.10 Å². The van der Waals surface area contributed by atoms with E-state index >= 15 is 0 Å². The van der Waals surface area contributed by atoms with Crippen molar-refractivity contribution in [2.45, 2.75) is 24.7 Å². The lowest BCUT2D eigenvalue weighted by atomic mass is 10.0. The molecule has 2 aliphatic rings. The number of piperidine rings is 1. The highest BCUT2D eigenvalue weighted by Gasteiger charge is 2.40. The Hall–Kier alpha value is -1.24. The van der Waals surface area contributed by atoms with Crippen LogP contribution in [0.1, 0.15) is 12.8 Å². The van der Waals surface area contributed by atoms with Gasteiger partial charge >= 0.3 is 0 Å². The van der Waals surface area contributed by atoms with Crippen molar-refractivity contribution in [3.63, 3.8) is 0 Å². The third-order valence-corrected chi connectivity index (χ3v) is 3.76. The summed E-state index contributed by atoms with van der Waals surface area (Å²) in [4.78, 5) is 2.20. The molecule has 0 saturated carbocycles. The zero-order chi connectivity index (χ0) is 13.1. The van der Waals surface area contributed by atoms with Crippen LogP contribution < -0.4 is 4.90 Å². The van der Waals surface area contributed by atoms with E-state index < -0.39 is 5.79 Å². The van der Waals surface area contributed by atoms with Gasteiger partial charge in [-0.3, -0.25) is 0 Å². The van der Waals surface area contributed by atoms with Crippen molar-refractivity contribution >= 4 is 5.82 Å². The molecule has 0 bridgehead atoms. The van der Waals surface area contributed by atoms with Crippen molar-refractivity contribution in [3.05, 3.63) is 18.3 Å². The number of rotatable bonds is 2. The average molecular weight is 264 g/mol. The monoisotopic (exact) mass is 264 g/mol. The smallest absolute Gasteiger partial charge is 0.171 e. The van der Waals surface area contributed by atoms with E-state index in [1.54, 1.807) is 13.2 Å². The Morgan fingerprint density at radius 2 is 2.11 bits per heavy atom. The summed E-state index contributed by atoms with van der Waals surface area (Å²) in [7, 11) is 1.68. The third-order valence-electron chi connectivity index (χ3n) is 3.76. The number of nitrogens with zero attached hydrogens (tertiary/aromatic N) is 3. The third kappa shape index (κ3) is 2.70. The molecule has 2 aliphatic heterocycles. The second-order valence-electron chi connectivity index (χ2n) is 4.90. The molecule has 0 N–H and O–H groups in total. The molecule has 1 spiro atoms. The first-order valence-corrected chi connectivity index (χ1v) is 6.57. The molecule has 3 rings (SSSR count). The van der Waals surface area contributed by atoms with E-state index in [2.05, 4.69) is 21.3 Å². The van der Waals surface area contributed by atoms with Crippen LogP contribution in [0.25, 0.3) is 0 Å². The van der Waals surface area contributed by atoms with Crippen LogP contribution >= 0.6 is 0 Å². The van der Waals surface area contributed by atoms with Gasteiger partial charge in [-0.25, -0.2) is 0 Å². The summed E-state index contributed by atoms with van der Waals surface area (Å²) in [6.07, 6.45) is 4.42. The molecule has 2 saturated heterocycles. The Labute approximate surface area is 112 Å². The molecule has 103 valence electrons. The Bertz CT molecular complexity index is 397. The van der Waals surface area contributed by atoms with Crippen LogP contribution in [-0.4, -0.2) is 55.5 Å². The SMILES string of the molecule is COC1COC2(CCN(c3cc[c]nn3)CC2)OC1. The van der Waals surface area contributed by atoms with Gasteiger partial charge < -0.3 is 19.1 Å². The molecule has 19 heavy (non-hydrogen) atoms. The lowest BCUT2D eigenvalue weighted by Gasteiger charge is -2.45. The van der Waals surface area contributed by atoms with E-state index in [1.165, 1.54) is 0 Å². The summed E-state index contributed by atoms with van der Waals surface area (Å²) in [6, 6.07) is 3.71. The van der Waals surface area contributed by atoms with E-state index in [4.69, 9.17) is 14.2 Å². The maximum atomic E-state index is 5.88. The van der Waals surface area contributed by atoms with E-state index in [1.807, 2.05) is 6.07 Å². The van der Waals surface area contributed by atoms with Gasteiger partial charge in [0.05, 0.1) is 13.2 Å². The molecular weight excluding hydrogens is 246 g/mol. The van der Waals surface area contributed by atoms with Gasteiger partial charge in [0.25, 0.3) is 0 Å². The fourth-order valence-corrected chi connectivity index (χ4v) is 2.51. The first kappa shape index (κ1) is 12.8. The molecule has 2 fully saturated rings. The second-order valence-corrected chi connectivity index (χ2v) is 4.90. The number of aromatic nitrogens is 2. The molecule has 6 heteroatoms. The van der Waals surface area contributed by atoms with Gasteiger partial charge in [0, 0.05) is 33.0 Å². The highest BCUT2D eigenvalue weighted by Crippen LogP contribution is 2.32. The Kier molecular flexibility index (Phi) is 3.63. The molecule has 0 atom stereocenters. The fraction of sp³-hybridized carbons (Fsp3) is 0.692. The number of hydrogen-bond donors (Lipinski definition) is 0. The Morgan fingerprint density at radius 3 is 2.68 bits per heavy atom. The van der Waals surface area contributed by atoms with E-state index in [0.29, 0.717) is 13.2 Å². The van der Waals surface area contributed by atoms with Crippen LogP contribution in [0.15, 0.2) is 12.1 Å². The standard InChI is InChI=1S/C13H18N3O3/c1-17-11-9-18-13(19-10-11)4-7-16(8-5-13)12-3-2-6-14-15-12/h2-3,11H,4-5,7-10H2,1H3. The molecule has 1 aromatic rings. The molecule has 0 aliphatic carbocycles. The average Bonchev–Trinajstić information content (AvgIpc) is 2.50. The number of methoxy groups -OCH3 is 1. The largest absolute Gasteiger partial charge is 0.377 e. The van der Waals surface area contributed by atoms with Crippen molar-refractivity contribution in [2.24, 2.45) is 0 Å². The minimum atomic E-state index is -0.431. The minimum Gasteiger partial charge on any atom is -0.377 e. The van der Waals surface area contributed by atoms with Crippen molar-refractivity contribution in [1.29, 1.82) is 0 Å². The molecule has 1 aromatic heterocycles. The van der Waals surface area contributed by atoms with Gasteiger partial charge in [0.1, 0.15) is 12.3 Å². The second kappa shape index (κ2) is 5.40. The fourth-order valence-electron chi connectivity index (χ4n) is 2.51. The van der Waals surface area contributed by atoms with Gasteiger partial charge in [-0.15, -0.1) is 10.2 Å². The molecule has 0 aromatic carbocycles. The van der Waals surface area contributed by atoms with Gasteiger partial charge in [-0.1, -0.05) is 0 Å². The van der Waals surface area contributed by atoms with Crippen LogP contribution in [0.2, 0.25) is 0 Å². The van der Waals surface area contributed by atoms with Gasteiger partial charge in [0.15, 0.2) is 11.6 Å². The van der Waals surface area contributed by atoms with Crippen LogP contribution in [0.4, 0.5) is 5.82 Å². The predicted molar refractivity (Wildman–Crippen MR) is 67.7 cm³/mol. The predicted octanol–water partition coefficient (Wildman–Crippen LogP) is 0.635. The van der Waals surface area contributed by atoms with Crippen molar-refractivity contribution in [1.82, 2.24) is 10.2 Å². The zero-order valence-electron chi connectivity index (χ0n) is 11.0. The van der Waals surface area contributed by atoms with Crippen molar-refractivity contribution in [3.8, 4) is 0 Å². The Morgan fingerprint density at radius 1 is 1.37 bits per heavy atom. The normalized spacial score (nSPS) is 23.7. The first-order chi connectivity index (χ1) is 9.31. The minimum absolute atomic E-state index is 0.0548. The summed E-state index contributed by atoms with van der Waals surface area (Å²) in [5.41, 5.74) is 0. The molecule has 1 radical (unpaired) electrons. The number of anilines is 1. The van der Waals surface area contributed by atoms with Crippen molar-refractivity contribution in [2.75, 3.05) is 38.3 Å². The van der Waals surface area contributed by atoms with Crippen LogP contribution in [0.3, 0.4) is 0 Å². The van der Waals surface area contributed by atoms with Crippen LogP contribution in [0, 0.1) is 6.20 Å². The summed E-state index contributed by atoms with van der Waals surface area (Å²) in [5.74, 6) is 0.457. The molecule has 6 nitrogen and oxygen atoms in total. The van der Waals surface area contributed by atoms with E-state index in [9.17, 15) is 0 Å². The highest BCUT2D eigenvalue weighted by molar-refractivity contribution is 5.36. The summed E-state index contributed by atoms with van der Waals surface area (Å²) < 4.78 is 17.0. The van der Waals surface area contributed by atoms with Crippen molar-refractivity contribution < 1.29 is 14.2 Å². The molecule has 0 unspecified atom stereocenters. The van der Waals surface area contributed by atoms with E-state index in [0.717, 1.165) is 31.7 Å². The van der Waals surface area contributed by atoms with Crippen LogP contribution in [0.5, 0.6) is 0 Å². The zero-order valence-corrected chi connectivity index (χ0v) is 11.0. The highest BCUT2D eigenvalue weighted by atomic mass is 16.7. The Balaban J connectivity index is 1.58. The molecular formula is C13H18N3O3. The maximum Gasteiger partial charge on any atom is 0.171 e. The maximum absolute atomic E-state index is 5.88. The summed E-state index contributed by atoms with van der Waals surface area (Å²) in [6.45, 7) is 2.93. The van der Waals surface area contributed by atoms with Gasteiger partial charge in [-0.05, 0) is 12.1 Å². The van der Waals surface area contributed by atoms with Gasteiger partial charge in [0.2, 0.25) is 0 Å².